The van der Waals surface area contributed by atoms with Crippen molar-refractivity contribution in [3.8, 4) is 0 Å². The Labute approximate surface area is 102 Å². The van der Waals surface area contributed by atoms with Crippen LogP contribution in [0, 0.1) is 12.8 Å². The normalized spacial score (nSPS) is 20.9. The van der Waals surface area contributed by atoms with E-state index in [0.717, 1.165) is 24.5 Å². The molecule has 90 valence electrons. The van der Waals surface area contributed by atoms with Crippen molar-refractivity contribution >= 4 is 10.9 Å². The summed E-state index contributed by atoms with van der Waals surface area (Å²) in [5, 5.41) is 9.45. The lowest BCUT2D eigenvalue weighted by Gasteiger charge is -2.23. The summed E-state index contributed by atoms with van der Waals surface area (Å²) in [5.74, 6) is 0.733. The summed E-state index contributed by atoms with van der Waals surface area (Å²) in [6.45, 7) is 5.53. The monoisotopic (exact) mass is 229 g/mol. The lowest BCUT2D eigenvalue weighted by atomic mass is 10.00. The van der Waals surface area contributed by atoms with E-state index in [-0.39, 0.29) is 0 Å². The van der Waals surface area contributed by atoms with E-state index in [0.29, 0.717) is 0 Å². The smallest absolute Gasteiger partial charge is 0.0926 e. The molecule has 1 aromatic heterocycles. The van der Waals surface area contributed by atoms with E-state index in [1.165, 1.54) is 30.5 Å². The summed E-state index contributed by atoms with van der Waals surface area (Å²) in [5.41, 5.74) is 2.42. The first kappa shape index (κ1) is 10.8. The van der Waals surface area contributed by atoms with E-state index in [1.54, 1.807) is 0 Å². The second kappa shape index (κ2) is 4.49. The molecule has 0 radical (unpaired) electrons. The summed E-state index contributed by atoms with van der Waals surface area (Å²) in [7, 11) is 0. The highest BCUT2D eigenvalue weighted by atomic mass is 15.3. The summed E-state index contributed by atoms with van der Waals surface area (Å²) in [4.78, 5) is 0. The number of piperidine rings is 1. The number of aromatic nitrogens is 2. The van der Waals surface area contributed by atoms with Crippen molar-refractivity contribution in [2.45, 2.75) is 26.3 Å². The molecule has 1 saturated heterocycles. The molecule has 1 aromatic carbocycles. The van der Waals surface area contributed by atoms with Gasteiger partial charge in [0.15, 0.2) is 0 Å². The van der Waals surface area contributed by atoms with Gasteiger partial charge in [-0.15, -0.1) is 0 Å². The number of hydrogen-bond donors (Lipinski definition) is 1. The van der Waals surface area contributed by atoms with Gasteiger partial charge in [0.2, 0.25) is 0 Å². The van der Waals surface area contributed by atoms with Gasteiger partial charge >= 0.3 is 0 Å². The molecule has 17 heavy (non-hydrogen) atoms. The first-order valence-electron chi connectivity index (χ1n) is 6.47. The van der Waals surface area contributed by atoms with E-state index in [4.69, 9.17) is 5.10 Å². The molecule has 1 aliphatic rings. The van der Waals surface area contributed by atoms with Gasteiger partial charge in [0.1, 0.15) is 0 Å². The van der Waals surface area contributed by atoms with Gasteiger partial charge < -0.3 is 5.32 Å². The summed E-state index contributed by atoms with van der Waals surface area (Å²) >= 11 is 0. The van der Waals surface area contributed by atoms with Crippen molar-refractivity contribution in [1.29, 1.82) is 0 Å². The van der Waals surface area contributed by atoms with Crippen LogP contribution in [0.1, 0.15) is 18.5 Å². The molecule has 1 N–H and O–H groups in total. The molecular formula is C14H19N3. The average molecular weight is 229 g/mol. The maximum absolute atomic E-state index is 4.70. The first-order chi connectivity index (χ1) is 8.34. The quantitative estimate of drug-likeness (QED) is 0.856. The Kier molecular flexibility index (Phi) is 2.85. The van der Waals surface area contributed by atoms with Crippen LogP contribution in [0.5, 0.6) is 0 Å². The maximum Gasteiger partial charge on any atom is 0.0926 e. The molecule has 1 fully saturated rings. The molecule has 3 heteroatoms. The third-order valence-electron chi connectivity index (χ3n) is 3.74. The van der Waals surface area contributed by atoms with Gasteiger partial charge in [-0.3, -0.25) is 4.68 Å². The van der Waals surface area contributed by atoms with Crippen LogP contribution in [0.4, 0.5) is 0 Å². The average Bonchev–Trinajstić information content (AvgIpc) is 2.68. The fourth-order valence-electron chi connectivity index (χ4n) is 2.71. The van der Waals surface area contributed by atoms with Crippen molar-refractivity contribution in [2.75, 3.05) is 13.1 Å². The highest BCUT2D eigenvalue weighted by Gasteiger charge is 2.15. The molecule has 1 unspecified atom stereocenters. The molecule has 2 aromatic rings. The van der Waals surface area contributed by atoms with Gasteiger partial charge in [-0.05, 0) is 44.8 Å². The largest absolute Gasteiger partial charge is 0.316 e. The number of hydrogen-bond acceptors (Lipinski definition) is 2. The molecule has 0 aliphatic carbocycles. The van der Waals surface area contributed by atoms with Gasteiger partial charge in [0.25, 0.3) is 0 Å². The standard InChI is InChI=1S/C14H19N3/c1-11-13-6-2-3-7-14(13)16-17(11)10-12-5-4-8-15-9-12/h2-3,6-7,12,15H,4-5,8-10H2,1H3. The van der Waals surface area contributed by atoms with Crippen molar-refractivity contribution in [3.63, 3.8) is 0 Å². The summed E-state index contributed by atoms with van der Waals surface area (Å²) < 4.78 is 2.18. The van der Waals surface area contributed by atoms with Crippen molar-refractivity contribution in [2.24, 2.45) is 5.92 Å². The van der Waals surface area contributed by atoms with Crippen molar-refractivity contribution in [1.82, 2.24) is 15.1 Å². The zero-order valence-corrected chi connectivity index (χ0v) is 10.3. The third kappa shape index (κ3) is 2.07. The van der Waals surface area contributed by atoms with Crippen LogP contribution >= 0.6 is 0 Å². The highest BCUT2D eigenvalue weighted by molar-refractivity contribution is 5.81. The Morgan fingerprint density at radius 2 is 2.29 bits per heavy atom. The molecule has 0 amide bonds. The number of benzene rings is 1. The zero-order valence-electron chi connectivity index (χ0n) is 10.3. The van der Waals surface area contributed by atoms with Crippen LogP contribution in [0.25, 0.3) is 10.9 Å². The number of fused-ring (bicyclic) bond motifs is 1. The van der Waals surface area contributed by atoms with E-state index < -0.39 is 0 Å². The third-order valence-corrected chi connectivity index (χ3v) is 3.74. The van der Waals surface area contributed by atoms with Crippen molar-refractivity contribution in [3.05, 3.63) is 30.0 Å². The molecule has 1 aliphatic heterocycles. The van der Waals surface area contributed by atoms with Crippen LogP contribution in [0.15, 0.2) is 24.3 Å². The Morgan fingerprint density at radius 3 is 3.06 bits per heavy atom. The lowest BCUT2D eigenvalue weighted by Crippen LogP contribution is -2.32. The molecular weight excluding hydrogens is 210 g/mol. The fraction of sp³-hybridized carbons (Fsp3) is 0.500. The van der Waals surface area contributed by atoms with Crippen LogP contribution in [0.3, 0.4) is 0 Å². The maximum atomic E-state index is 4.70. The number of rotatable bonds is 2. The van der Waals surface area contributed by atoms with E-state index in [1.807, 2.05) is 0 Å². The predicted octanol–water partition coefficient (Wildman–Crippen LogP) is 2.34. The molecule has 0 spiro atoms. The SMILES string of the molecule is Cc1c2ccccc2nn1CC1CCCNC1. The van der Waals surface area contributed by atoms with Gasteiger partial charge in [-0.25, -0.2) is 0 Å². The van der Waals surface area contributed by atoms with Crippen LogP contribution in [-0.4, -0.2) is 22.9 Å². The van der Waals surface area contributed by atoms with Gasteiger partial charge in [0.05, 0.1) is 5.52 Å². The predicted molar refractivity (Wildman–Crippen MR) is 70.1 cm³/mol. The highest BCUT2D eigenvalue weighted by Crippen LogP contribution is 2.20. The minimum absolute atomic E-state index is 0.733. The topological polar surface area (TPSA) is 29.9 Å². The number of aryl methyl sites for hydroxylation is 1. The molecule has 3 rings (SSSR count). The van der Waals surface area contributed by atoms with Gasteiger partial charge in [-0.1, -0.05) is 18.2 Å². The minimum atomic E-state index is 0.733. The molecule has 0 bridgehead atoms. The van der Waals surface area contributed by atoms with Crippen molar-refractivity contribution < 1.29 is 0 Å². The molecule has 3 nitrogen and oxygen atoms in total. The fourth-order valence-corrected chi connectivity index (χ4v) is 2.71. The lowest BCUT2D eigenvalue weighted by molar-refractivity contribution is 0.323. The summed E-state index contributed by atoms with van der Waals surface area (Å²) in [6, 6.07) is 8.40. The van der Waals surface area contributed by atoms with E-state index in [2.05, 4.69) is 41.2 Å². The molecule has 2 heterocycles. The van der Waals surface area contributed by atoms with Crippen LogP contribution in [0.2, 0.25) is 0 Å². The van der Waals surface area contributed by atoms with Crippen LogP contribution in [-0.2, 0) is 6.54 Å². The van der Waals surface area contributed by atoms with E-state index >= 15 is 0 Å². The molecule has 1 atom stereocenters. The van der Waals surface area contributed by atoms with E-state index in [9.17, 15) is 0 Å². The Bertz CT molecular complexity index is 509. The Balaban J connectivity index is 1.87. The second-order valence-corrected chi connectivity index (χ2v) is 5.00. The Hall–Kier alpha value is -1.35. The summed E-state index contributed by atoms with van der Waals surface area (Å²) in [6.07, 6.45) is 2.62. The number of nitrogens with one attached hydrogen (secondary N) is 1. The first-order valence-corrected chi connectivity index (χ1v) is 6.47. The van der Waals surface area contributed by atoms with Gasteiger partial charge in [-0.2, -0.15) is 5.10 Å². The minimum Gasteiger partial charge on any atom is -0.316 e. The number of nitrogens with zero attached hydrogens (tertiary/aromatic N) is 2. The Morgan fingerprint density at radius 1 is 1.41 bits per heavy atom. The molecule has 0 saturated carbocycles. The second-order valence-electron chi connectivity index (χ2n) is 5.00. The van der Waals surface area contributed by atoms with Crippen LogP contribution < -0.4 is 5.32 Å². The zero-order chi connectivity index (χ0) is 11.7. The van der Waals surface area contributed by atoms with Gasteiger partial charge in [0, 0.05) is 17.6 Å².